The predicted octanol–water partition coefficient (Wildman–Crippen LogP) is 0.617. The van der Waals surface area contributed by atoms with Gasteiger partial charge < -0.3 is 16.4 Å². The van der Waals surface area contributed by atoms with E-state index >= 15 is 0 Å². The summed E-state index contributed by atoms with van der Waals surface area (Å²) in [4.78, 5) is 37.7. The summed E-state index contributed by atoms with van der Waals surface area (Å²) in [6.07, 6.45) is 1.58. The molecule has 4 amide bonds. The largest absolute Gasteiger partial charge is 0.355 e. The molecule has 1 aliphatic rings. The van der Waals surface area contributed by atoms with Crippen LogP contribution < -0.4 is 16.4 Å². The first-order valence-electron chi connectivity index (χ1n) is 8.06. The summed E-state index contributed by atoms with van der Waals surface area (Å²) in [6, 6.07) is 6.83. The third-order valence-corrected chi connectivity index (χ3v) is 4.16. The average molecular weight is 332 g/mol. The standard InChI is InChI=1S/C17H24N4O3/c1-12-5-7-13(8-6-12)17(2)15(23)21(16(24)20-17)11-14(22)19-10-4-3-9-18/h5-8H,3-4,9-11,18H2,1-2H3,(H,19,22)(H,20,24). The van der Waals surface area contributed by atoms with E-state index in [1.165, 1.54) is 0 Å². The van der Waals surface area contributed by atoms with Crippen molar-refractivity contribution in [1.82, 2.24) is 15.5 Å². The highest BCUT2D eigenvalue weighted by molar-refractivity contribution is 6.09. The minimum atomic E-state index is -1.15. The van der Waals surface area contributed by atoms with Crippen molar-refractivity contribution in [2.24, 2.45) is 5.73 Å². The Morgan fingerprint density at radius 3 is 2.54 bits per heavy atom. The zero-order chi connectivity index (χ0) is 17.7. The molecule has 0 saturated carbocycles. The van der Waals surface area contributed by atoms with E-state index in [2.05, 4.69) is 10.6 Å². The molecule has 2 rings (SSSR count). The van der Waals surface area contributed by atoms with E-state index in [9.17, 15) is 14.4 Å². The second-order valence-electron chi connectivity index (χ2n) is 6.16. The first-order valence-corrected chi connectivity index (χ1v) is 8.06. The van der Waals surface area contributed by atoms with E-state index in [0.29, 0.717) is 18.7 Å². The average Bonchev–Trinajstić information content (AvgIpc) is 2.76. The highest BCUT2D eigenvalue weighted by atomic mass is 16.2. The first-order chi connectivity index (χ1) is 11.4. The van der Waals surface area contributed by atoms with Crippen LogP contribution in [0.5, 0.6) is 0 Å². The number of hydrogen-bond donors (Lipinski definition) is 3. The van der Waals surface area contributed by atoms with Gasteiger partial charge in [0.1, 0.15) is 12.1 Å². The molecule has 1 fully saturated rings. The molecule has 1 atom stereocenters. The molecule has 0 aromatic heterocycles. The Bertz CT molecular complexity index is 629. The van der Waals surface area contributed by atoms with Crippen LogP contribution in [0.3, 0.4) is 0 Å². The third kappa shape index (κ3) is 3.73. The van der Waals surface area contributed by atoms with Crippen LogP contribution in [0.4, 0.5) is 4.79 Å². The lowest BCUT2D eigenvalue weighted by atomic mass is 9.91. The van der Waals surface area contributed by atoms with Gasteiger partial charge in [-0.1, -0.05) is 29.8 Å². The normalized spacial score (nSPS) is 20.2. The molecule has 1 heterocycles. The van der Waals surface area contributed by atoms with Crippen LogP contribution in [0.1, 0.15) is 30.9 Å². The number of unbranched alkanes of at least 4 members (excludes halogenated alkanes) is 1. The van der Waals surface area contributed by atoms with Crippen molar-refractivity contribution in [3.05, 3.63) is 35.4 Å². The minimum absolute atomic E-state index is 0.283. The van der Waals surface area contributed by atoms with Crippen LogP contribution in [0.2, 0.25) is 0 Å². The number of rotatable bonds is 7. The number of nitrogens with one attached hydrogen (secondary N) is 2. The zero-order valence-electron chi connectivity index (χ0n) is 14.1. The molecular weight excluding hydrogens is 308 g/mol. The van der Waals surface area contributed by atoms with E-state index in [1.54, 1.807) is 6.92 Å². The van der Waals surface area contributed by atoms with E-state index in [-0.39, 0.29) is 12.5 Å². The van der Waals surface area contributed by atoms with Gasteiger partial charge in [0.2, 0.25) is 5.91 Å². The first kappa shape index (κ1) is 17.9. The fraction of sp³-hybridized carbons (Fsp3) is 0.471. The maximum atomic E-state index is 12.7. The molecule has 0 aliphatic carbocycles. The molecular formula is C17H24N4O3. The predicted molar refractivity (Wildman–Crippen MR) is 90.1 cm³/mol. The molecule has 24 heavy (non-hydrogen) atoms. The number of carbonyl (C=O) groups is 3. The zero-order valence-corrected chi connectivity index (χ0v) is 14.1. The third-order valence-electron chi connectivity index (χ3n) is 4.16. The van der Waals surface area contributed by atoms with Gasteiger partial charge in [-0.2, -0.15) is 0 Å². The SMILES string of the molecule is Cc1ccc(C2(C)NC(=O)N(CC(=O)NCCCCN)C2=O)cc1. The molecule has 1 aliphatic heterocycles. The van der Waals surface area contributed by atoms with Crippen LogP contribution in [0.15, 0.2) is 24.3 Å². The number of aryl methyl sites for hydroxylation is 1. The Morgan fingerprint density at radius 1 is 1.25 bits per heavy atom. The number of urea groups is 1. The Balaban J connectivity index is 2.03. The molecule has 0 spiro atoms. The van der Waals surface area contributed by atoms with Crippen molar-refractivity contribution in [2.45, 2.75) is 32.2 Å². The van der Waals surface area contributed by atoms with E-state index in [0.717, 1.165) is 23.3 Å². The molecule has 0 radical (unpaired) electrons. The topological polar surface area (TPSA) is 105 Å². The van der Waals surface area contributed by atoms with Gasteiger partial charge in [-0.3, -0.25) is 14.5 Å². The maximum Gasteiger partial charge on any atom is 0.325 e. The number of hydrogen-bond acceptors (Lipinski definition) is 4. The summed E-state index contributed by atoms with van der Waals surface area (Å²) in [6.45, 7) is 4.36. The van der Waals surface area contributed by atoms with E-state index < -0.39 is 17.5 Å². The van der Waals surface area contributed by atoms with Crippen LogP contribution in [-0.4, -0.2) is 42.4 Å². The van der Waals surface area contributed by atoms with Gasteiger partial charge in [0.25, 0.3) is 5.91 Å². The lowest BCUT2D eigenvalue weighted by Gasteiger charge is -2.22. The summed E-state index contributed by atoms with van der Waals surface area (Å²) in [7, 11) is 0. The van der Waals surface area contributed by atoms with Crippen molar-refractivity contribution < 1.29 is 14.4 Å². The van der Waals surface area contributed by atoms with Crippen LogP contribution in [-0.2, 0) is 15.1 Å². The summed E-state index contributed by atoms with van der Waals surface area (Å²) >= 11 is 0. The molecule has 1 unspecified atom stereocenters. The fourth-order valence-corrected chi connectivity index (χ4v) is 2.62. The quantitative estimate of drug-likeness (QED) is 0.503. The minimum Gasteiger partial charge on any atom is -0.355 e. The molecule has 7 heteroatoms. The number of nitrogens with zero attached hydrogens (tertiary/aromatic N) is 1. The Hall–Kier alpha value is -2.41. The number of amides is 4. The molecule has 0 bridgehead atoms. The van der Waals surface area contributed by atoms with Gasteiger partial charge >= 0.3 is 6.03 Å². The number of carbonyl (C=O) groups excluding carboxylic acids is 3. The molecule has 130 valence electrons. The summed E-state index contributed by atoms with van der Waals surface area (Å²) in [5.41, 5.74) is 6.00. The monoisotopic (exact) mass is 332 g/mol. The second-order valence-corrected chi connectivity index (χ2v) is 6.16. The van der Waals surface area contributed by atoms with Crippen molar-refractivity contribution >= 4 is 17.8 Å². The second kappa shape index (κ2) is 7.44. The van der Waals surface area contributed by atoms with Gasteiger partial charge in [0.05, 0.1) is 0 Å². The Morgan fingerprint density at radius 2 is 1.92 bits per heavy atom. The molecule has 1 aromatic rings. The molecule has 1 saturated heterocycles. The highest BCUT2D eigenvalue weighted by Gasteiger charge is 2.49. The fourth-order valence-electron chi connectivity index (χ4n) is 2.62. The summed E-state index contributed by atoms with van der Waals surface area (Å²) in [5, 5.41) is 5.38. The van der Waals surface area contributed by atoms with Gasteiger partial charge in [-0.15, -0.1) is 0 Å². The van der Waals surface area contributed by atoms with Crippen molar-refractivity contribution in [3.63, 3.8) is 0 Å². The molecule has 7 nitrogen and oxygen atoms in total. The van der Waals surface area contributed by atoms with Gasteiger partial charge in [0, 0.05) is 6.54 Å². The number of imide groups is 1. The van der Waals surface area contributed by atoms with Crippen molar-refractivity contribution in [2.75, 3.05) is 19.6 Å². The Labute approximate surface area is 141 Å². The Kier molecular flexibility index (Phi) is 5.56. The van der Waals surface area contributed by atoms with E-state index in [4.69, 9.17) is 5.73 Å². The molecule has 1 aromatic carbocycles. The van der Waals surface area contributed by atoms with E-state index in [1.807, 2.05) is 31.2 Å². The van der Waals surface area contributed by atoms with Crippen LogP contribution >= 0.6 is 0 Å². The maximum absolute atomic E-state index is 12.7. The van der Waals surface area contributed by atoms with Crippen LogP contribution in [0.25, 0.3) is 0 Å². The molecule has 4 N–H and O–H groups in total. The van der Waals surface area contributed by atoms with Gasteiger partial charge in [-0.25, -0.2) is 4.79 Å². The number of benzene rings is 1. The highest BCUT2D eigenvalue weighted by Crippen LogP contribution is 2.28. The summed E-state index contributed by atoms with van der Waals surface area (Å²) in [5.74, 6) is -0.780. The lowest BCUT2D eigenvalue weighted by Crippen LogP contribution is -2.43. The summed E-state index contributed by atoms with van der Waals surface area (Å²) < 4.78 is 0. The smallest absolute Gasteiger partial charge is 0.325 e. The lowest BCUT2D eigenvalue weighted by molar-refractivity contribution is -0.134. The van der Waals surface area contributed by atoms with Crippen molar-refractivity contribution in [3.8, 4) is 0 Å². The van der Waals surface area contributed by atoms with Crippen LogP contribution in [0, 0.1) is 6.92 Å². The van der Waals surface area contributed by atoms with Gasteiger partial charge in [0.15, 0.2) is 0 Å². The van der Waals surface area contributed by atoms with Crippen molar-refractivity contribution in [1.29, 1.82) is 0 Å². The number of nitrogens with two attached hydrogens (primary N) is 1. The van der Waals surface area contributed by atoms with Gasteiger partial charge in [-0.05, 0) is 38.8 Å².